The van der Waals surface area contributed by atoms with E-state index in [2.05, 4.69) is 5.32 Å². The minimum atomic E-state index is -0.824. The molecule has 1 saturated heterocycles. The van der Waals surface area contributed by atoms with Gasteiger partial charge in [0.05, 0.1) is 18.7 Å². The normalized spacial score (nSPS) is 17.6. The van der Waals surface area contributed by atoms with Crippen molar-refractivity contribution >= 4 is 17.5 Å². The highest BCUT2D eigenvalue weighted by Gasteiger charge is 2.37. The SMILES string of the molecule is O=C(NCc1ccco1)C1CC(=O)N(c2c(F)cccc2F)C1. The summed E-state index contributed by atoms with van der Waals surface area (Å²) in [5.74, 6) is -2.55. The number of furan rings is 1. The van der Waals surface area contributed by atoms with Gasteiger partial charge in [-0.2, -0.15) is 0 Å². The fourth-order valence-corrected chi connectivity index (χ4v) is 2.58. The van der Waals surface area contributed by atoms with Crippen LogP contribution in [-0.4, -0.2) is 18.4 Å². The lowest BCUT2D eigenvalue weighted by Gasteiger charge is -2.18. The summed E-state index contributed by atoms with van der Waals surface area (Å²) in [6, 6.07) is 6.79. The Morgan fingerprint density at radius 1 is 1.26 bits per heavy atom. The van der Waals surface area contributed by atoms with Gasteiger partial charge in [-0.1, -0.05) is 6.07 Å². The summed E-state index contributed by atoms with van der Waals surface area (Å²) in [6.07, 6.45) is 1.40. The Bertz CT molecular complexity index is 711. The number of halogens is 2. The summed E-state index contributed by atoms with van der Waals surface area (Å²) in [7, 11) is 0. The number of amides is 2. The molecule has 1 aromatic heterocycles. The molecule has 1 N–H and O–H groups in total. The molecule has 5 nitrogen and oxygen atoms in total. The maximum absolute atomic E-state index is 13.8. The fraction of sp³-hybridized carbons (Fsp3) is 0.250. The van der Waals surface area contributed by atoms with Crippen LogP contribution in [0.1, 0.15) is 12.2 Å². The highest BCUT2D eigenvalue weighted by molar-refractivity contribution is 6.00. The lowest BCUT2D eigenvalue weighted by Crippen LogP contribution is -2.33. The summed E-state index contributed by atoms with van der Waals surface area (Å²) in [6.45, 7) is 0.144. The van der Waals surface area contributed by atoms with Crippen molar-refractivity contribution in [1.29, 1.82) is 0 Å². The van der Waals surface area contributed by atoms with E-state index in [1.165, 1.54) is 12.3 Å². The van der Waals surface area contributed by atoms with E-state index in [1.54, 1.807) is 12.1 Å². The zero-order valence-electron chi connectivity index (χ0n) is 12.1. The van der Waals surface area contributed by atoms with Gasteiger partial charge in [-0.05, 0) is 24.3 Å². The molecule has 1 aliphatic rings. The zero-order chi connectivity index (χ0) is 16.4. The number of hydrogen-bond donors (Lipinski definition) is 1. The summed E-state index contributed by atoms with van der Waals surface area (Å²) in [5, 5.41) is 2.65. The van der Waals surface area contributed by atoms with Crippen molar-refractivity contribution in [2.75, 3.05) is 11.4 Å². The lowest BCUT2D eigenvalue weighted by molar-refractivity contribution is -0.126. The molecule has 0 aliphatic carbocycles. The Kier molecular flexibility index (Phi) is 4.10. The van der Waals surface area contributed by atoms with Crippen LogP contribution in [0.5, 0.6) is 0 Å². The summed E-state index contributed by atoms with van der Waals surface area (Å²) in [5.41, 5.74) is -0.404. The molecular weight excluding hydrogens is 306 g/mol. The van der Waals surface area contributed by atoms with E-state index in [9.17, 15) is 18.4 Å². The predicted octanol–water partition coefficient (Wildman–Crippen LogP) is 2.23. The molecule has 1 aromatic carbocycles. The van der Waals surface area contributed by atoms with Gasteiger partial charge < -0.3 is 14.6 Å². The van der Waals surface area contributed by atoms with Gasteiger partial charge in [0.2, 0.25) is 11.8 Å². The third-order valence-electron chi connectivity index (χ3n) is 3.72. The average Bonchev–Trinajstić information content (AvgIpc) is 3.15. The van der Waals surface area contributed by atoms with Gasteiger partial charge in [-0.25, -0.2) is 8.78 Å². The molecule has 2 amide bonds. The van der Waals surface area contributed by atoms with Crippen molar-refractivity contribution in [1.82, 2.24) is 5.32 Å². The second-order valence-electron chi connectivity index (χ2n) is 5.27. The third kappa shape index (κ3) is 3.08. The molecule has 1 fully saturated rings. The van der Waals surface area contributed by atoms with Crippen LogP contribution in [0.3, 0.4) is 0 Å². The third-order valence-corrected chi connectivity index (χ3v) is 3.72. The molecule has 7 heteroatoms. The van der Waals surface area contributed by atoms with Crippen molar-refractivity contribution in [3.05, 3.63) is 54.0 Å². The Morgan fingerprint density at radius 2 is 2.00 bits per heavy atom. The fourth-order valence-electron chi connectivity index (χ4n) is 2.58. The van der Waals surface area contributed by atoms with Crippen molar-refractivity contribution in [2.45, 2.75) is 13.0 Å². The number of hydrogen-bond acceptors (Lipinski definition) is 3. The molecule has 120 valence electrons. The van der Waals surface area contributed by atoms with Crippen molar-refractivity contribution in [3.63, 3.8) is 0 Å². The Hall–Kier alpha value is -2.70. The van der Waals surface area contributed by atoms with Gasteiger partial charge in [0.15, 0.2) is 0 Å². The van der Waals surface area contributed by atoms with Gasteiger partial charge >= 0.3 is 0 Å². The molecule has 1 aliphatic heterocycles. The molecule has 0 saturated carbocycles. The quantitative estimate of drug-likeness (QED) is 0.939. The first-order valence-electron chi connectivity index (χ1n) is 7.10. The number of para-hydroxylation sites is 1. The molecule has 23 heavy (non-hydrogen) atoms. The summed E-state index contributed by atoms with van der Waals surface area (Å²) >= 11 is 0. The lowest BCUT2D eigenvalue weighted by atomic mass is 10.1. The summed E-state index contributed by atoms with van der Waals surface area (Å²) < 4.78 is 32.7. The Labute approximate surface area is 130 Å². The number of nitrogens with zero attached hydrogens (tertiary/aromatic N) is 1. The molecule has 0 radical (unpaired) electrons. The second kappa shape index (κ2) is 6.20. The van der Waals surface area contributed by atoms with Crippen molar-refractivity contribution in [2.24, 2.45) is 5.92 Å². The van der Waals surface area contributed by atoms with Gasteiger partial charge in [0.1, 0.15) is 23.1 Å². The van der Waals surface area contributed by atoms with Crippen LogP contribution < -0.4 is 10.2 Å². The number of nitrogens with one attached hydrogen (secondary N) is 1. The number of anilines is 1. The monoisotopic (exact) mass is 320 g/mol. The number of carbonyl (C=O) groups is 2. The van der Waals surface area contributed by atoms with E-state index < -0.39 is 29.1 Å². The zero-order valence-corrected chi connectivity index (χ0v) is 12.1. The predicted molar refractivity (Wildman–Crippen MR) is 77.4 cm³/mol. The van der Waals surface area contributed by atoms with Crippen LogP contribution in [0.2, 0.25) is 0 Å². The average molecular weight is 320 g/mol. The number of rotatable bonds is 4. The van der Waals surface area contributed by atoms with E-state index in [4.69, 9.17) is 4.42 Å². The summed E-state index contributed by atoms with van der Waals surface area (Å²) in [4.78, 5) is 25.1. The van der Waals surface area contributed by atoms with Crippen LogP contribution in [0, 0.1) is 17.6 Å². The van der Waals surface area contributed by atoms with E-state index in [-0.39, 0.29) is 25.4 Å². The van der Waals surface area contributed by atoms with E-state index >= 15 is 0 Å². The van der Waals surface area contributed by atoms with E-state index in [0.717, 1.165) is 17.0 Å². The first kappa shape index (κ1) is 15.2. The molecule has 3 rings (SSSR count). The minimum Gasteiger partial charge on any atom is -0.467 e. The van der Waals surface area contributed by atoms with E-state index in [0.29, 0.717) is 5.76 Å². The first-order valence-corrected chi connectivity index (χ1v) is 7.10. The Morgan fingerprint density at radius 3 is 2.65 bits per heavy atom. The highest BCUT2D eigenvalue weighted by Crippen LogP contribution is 2.29. The minimum absolute atomic E-state index is 0.0549. The standard InChI is InChI=1S/C16H14F2N2O3/c17-12-4-1-5-13(18)15(12)20-9-10(7-14(20)21)16(22)19-8-11-3-2-6-23-11/h1-6,10H,7-9H2,(H,19,22). The second-order valence-corrected chi connectivity index (χ2v) is 5.27. The van der Waals surface area contributed by atoms with Crippen LogP contribution in [0.15, 0.2) is 41.0 Å². The van der Waals surface area contributed by atoms with Crippen molar-refractivity contribution < 1.29 is 22.8 Å². The van der Waals surface area contributed by atoms with Gasteiger partial charge in [-0.3, -0.25) is 9.59 Å². The molecule has 2 aromatic rings. The maximum atomic E-state index is 13.8. The smallest absolute Gasteiger partial charge is 0.228 e. The Balaban J connectivity index is 1.68. The van der Waals surface area contributed by atoms with Crippen LogP contribution in [0.4, 0.5) is 14.5 Å². The molecular formula is C16H14F2N2O3. The number of carbonyl (C=O) groups excluding carboxylic acids is 2. The maximum Gasteiger partial charge on any atom is 0.228 e. The largest absolute Gasteiger partial charge is 0.467 e. The molecule has 1 unspecified atom stereocenters. The van der Waals surface area contributed by atoms with Gasteiger partial charge in [-0.15, -0.1) is 0 Å². The number of benzene rings is 1. The van der Waals surface area contributed by atoms with Gasteiger partial charge in [0, 0.05) is 13.0 Å². The van der Waals surface area contributed by atoms with E-state index in [1.807, 2.05) is 0 Å². The van der Waals surface area contributed by atoms with Crippen LogP contribution in [-0.2, 0) is 16.1 Å². The molecule has 1 atom stereocenters. The van der Waals surface area contributed by atoms with Crippen molar-refractivity contribution in [3.8, 4) is 0 Å². The molecule has 2 heterocycles. The highest BCUT2D eigenvalue weighted by atomic mass is 19.1. The van der Waals surface area contributed by atoms with Crippen LogP contribution in [0.25, 0.3) is 0 Å². The first-order chi connectivity index (χ1) is 11.1. The topological polar surface area (TPSA) is 62.6 Å². The molecule has 0 spiro atoms. The van der Waals surface area contributed by atoms with Gasteiger partial charge in [0.25, 0.3) is 0 Å². The van der Waals surface area contributed by atoms with Crippen LogP contribution >= 0.6 is 0 Å². The molecule has 0 bridgehead atoms.